The van der Waals surface area contributed by atoms with Crippen molar-refractivity contribution in [3.63, 3.8) is 0 Å². The molecule has 110 valence electrons. The summed E-state index contributed by atoms with van der Waals surface area (Å²) in [7, 11) is 1.39. The van der Waals surface area contributed by atoms with Crippen LogP contribution >= 0.6 is 11.6 Å². The first-order chi connectivity index (χ1) is 9.60. The average Bonchev–Trinajstić information content (AvgIpc) is 2.46. The van der Waals surface area contributed by atoms with Crippen molar-refractivity contribution in [1.29, 1.82) is 0 Å². The number of piperidine rings is 1. The zero-order valence-electron chi connectivity index (χ0n) is 11.7. The largest absolute Gasteiger partial charge is 0.468 e. The molecule has 2 N–H and O–H groups in total. The lowest BCUT2D eigenvalue weighted by atomic mass is 9.90. The molecule has 1 aliphatic rings. The van der Waals surface area contributed by atoms with Crippen LogP contribution in [0, 0.1) is 5.92 Å². The van der Waals surface area contributed by atoms with Crippen LogP contribution in [0.3, 0.4) is 0 Å². The van der Waals surface area contributed by atoms with Gasteiger partial charge in [0.1, 0.15) is 6.04 Å². The van der Waals surface area contributed by atoms with Crippen molar-refractivity contribution in [2.24, 2.45) is 11.7 Å². The molecule has 0 radical (unpaired) electrons. The van der Waals surface area contributed by atoms with E-state index in [1.807, 2.05) is 18.2 Å². The summed E-state index contributed by atoms with van der Waals surface area (Å²) in [4.78, 5) is 13.8. The van der Waals surface area contributed by atoms with Crippen LogP contribution in [0.5, 0.6) is 0 Å². The van der Waals surface area contributed by atoms with Crippen LogP contribution in [0.4, 0.5) is 0 Å². The van der Waals surface area contributed by atoms with Gasteiger partial charge in [0.2, 0.25) is 0 Å². The Balaban J connectivity index is 1.84. The van der Waals surface area contributed by atoms with Crippen LogP contribution in [0.2, 0.25) is 5.02 Å². The van der Waals surface area contributed by atoms with Crippen LogP contribution in [0.1, 0.15) is 18.4 Å². The summed E-state index contributed by atoms with van der Waals surface area (Å²) < 4.78 is 4.71. The molecule has 0 aliphatic carbocycles. The fraction of sp³-hybridized carbons (Fsp3) is 0.533. The van der Waals surface area contributed by atoms with Gasteiger partial charge in [-0.1, -0.05) is 23.7 Å². The first kappa shape index (κ1) is 15.3. The molecule has 1 fully saturated rings. The first-order valence-electron chi connectivity index (χ1n) is 6.90. The molecule has 2 rings (SSSR count). The first-order valence-corrected chi connectivity index (χ1v) is 7.28. The molecular formula is C15H21ClN2O2. The normalized spacial score (nSPS) is 18.8. The van der Waals surface area contributed by atoms with Gasteiger partial charge in [-0.3, -0.25) is 9.69 Å². The molecule has 1 atom stereocenters. The molecule has 1 heterocycles. The van der Waals surface area contributed by atoms with Gasteiger partial charge in [0, 0.05) is 11.6 Å². The Morgan fingerprint density at radius 3 is 2.80 bits per heavy atom. The van der Waals surface area contributed by atoms with E-state index in [1.165, 1.54) is 12.7 Å². The third kappa shape index (κ3) is 3.95. The molecular weight excluding hydrogens is 276 g/mol. The number of benzene rings is 1. The molecule has 0 spiro atoms. The maximum atomic E-state index is 11.4. The molecule has 4 nitrogen and oxygen atoms in total. The van der Waals surface area contributed by atoms with Gasteiger partial charge in [0.15, 0.2) is 0 Å². The fourth-order valence-electron chi connectivity index (χ4n) is 2.69. The van der Waals surface area contributed by atoms with E-state index in [1.54, 1.807) is 0 Å². The number of hydrogen-bond acceptors (Lipinski definition) is 4. The molecule has 1 saturated heterocycles. The van der Waals surface area contributed by atoms with Crippen molar-refractivity contribution in [1.82, 2.24) is 4.90 Å². The third-order valence-electron chi connectivity index (χ3n) is 3.91. The molecule has 20 heavy (non-hydrogen) atoms. The van der Waals surface area contributed by atoms with Gasteiger partial charge in [-0.05, 0) is 49.5 Å². The van der Waals surface area contributed by atoms with Gasteiger partial charge >= 0.3 is 5.97 Å². The number of carbonyl (C=O) groups is 1. The second-order valence-electron chi connectivity index (χ2n) is 5.29. The molecule has 0 aromatic heterocycles. The van der Waals surface area contributed by atoms with Gasteiger partial charge in [0.05, 0.1) is 7.11 Å². The number of hydrogen-bond donors (Lipinski definition) is 1. The Hall–Kier alpha value is -1.10. The van der Waals surface area contributed by atoms with E-state index in [0.29, 0.717) is 0 Å². The molecule has 1 unspecified atom stereocenters. The Labute approximate surface area is 124 Å². The maximum Gasteiger partial charge on any atom is 0.322 e. The number of methoxy groups -OCH3 is 1. The number of rotatable bonds is 4. The van der Waals surface area contributed by atoms with Crippen LogP contribution in [-0.4, -0.2) is 37.1 Å². The van der Waals surface area contributed by atoms with E-state index in [2.05, 4.69) is 11.0 Å². The molecule has 0 bridgehead atoms. The summed E-state index contributed by atoms with van der Waals surface area (Å²) in [5, 5.41) is 0.769. The van der Waals surface area contributed by atoms with Crippen molar-refractivity contribution in [2.45, 2.75) is 25.4 Å². The standard InChI is InChI=1S/C15H21ClN2O2/c1-20-15(19)14(17)12-5-7-18(8-6-12)10-11-3-2-4-13(16)9-11/h2-4,9,12,14H,5-8,10,17H2,1H3. The van der Waals surface area contributed by atoms with Crippen LogP contribution in [0.15, 0.2) is 24.3 Å². The fourth-order valence-corrected chi connectivity index (χ4v) is 2.91. The summed E-state index contributed by atoms with van der Waals surface area (Å²) in [6.07, 6.45) is 1.85. The van der Waals surface area contributed by atoms with Gasteiger partial charge in [0.25, 0.3) is 0 Å². The molecule has 1 aromatic carbocycles. The number of carbonyl (C=O) groups excluding carboxylic acids is 1. The highest BCUT2D eigenvalue weighted by molar-refractivity contribution is 6.30. The molecule has 0 amide bonds. The van der Waals surface area contributed by atoms with Crippen LogP contribution in [0.25, 0.3) is 0 Å². The van der Waals surface area contributed by atoms with Crippen molar-refractivity contribution in [3.05, 3.63) is 34.9 Å². The molecule has 5 heteroatoms. The van der Waals surface area contributed by atoms with Gasteiger partial charge in [-0.2, -0.15) is 0 Å². The predicted octanol–water partition coefficient (Wildman–Crippen LogP) is 2.05. The Morgan fingerprint density at radius 1 is 1.50 bits per heavy atom. The highest BCUT2D eigenvalue weighted by Gasteiger charge is 2.29. The summed E-state index contributed by atoms with van der Waals surface area (Å²) in [6.45, 7) is 2.78. The number of esters is 1. The average molecular weight is 297 g/mol. The van der Waals surface area contributed by atoms with Crippen molar-refractivity contribution < 1.29 is 9.53 Å². The Kier molecular flexibility index (Phi) is 5.40. The summed E-state index contributed by atoms with van der Waals surface area (Å²) >= 11 is 5.99. The number of halogens is 1. The minimum atomic E-state index is -0.492. The van der Waals surface area contributed by atoms with E-state index in [4.69, 9.17) is 22.1 Å². The van der Waals surface area contributed by atoms with Crippen molar-refractivity contribution in [3.8, 4) is 0 Å². The van der Waals surface area contributed by atoms with Gasteiger partial charge in [-0.25, -0.2) is 0 Å². The number of ether oxygens (including phenoxy) is 1. The second-order valence-corrected chi connectivity index (χ2v) is 5.73. The minimum Gasteiger partial charge on any atom is -0.468 e. The van der Waals surface area contributed by atoms with E-state index in [-0.39, 0.29) is 11.9 Å². The molecule has 1 aromatic rings. The summed E-state index contributed by atoms with van der Waals surface area (Å²) in [5.41, 5.74) is 7.13. The predicted molar refractivity (Wildman–Crippen MR) is 79.4 cm³/mol. The van der Waals surface area contributed by atoms with Gasteiger partial charge in [-0.15, -0.1) is 0 Å². The number of nitrogens with zero attached hydrogens (tertiary/aromatic N) is 1. The number of likely N-dealkylation sites (tertiary alicyclic amines) is 1. The topological polar surface area (TPSA) is 55.6 Å². The maximum absolute atomic E-state index is 11.4. The lowest BCUT2D eigenvalue weighted by Crippen LogP contribution is -2.45. The Morgan fingerprint density at radius 2 is 2.20 bits per heavy atom. The molecule has 0 saturated carbocycles. The highest BCUT2D eigenvalue weighted by Crippen LogP contribution is 2.22. The monoisotopic (exact) mass is 296 g/mol. The zero-order chi connectivity index (χ0) is 14.5. The lowest BCUT2D eigenvalue weighted by Gasteiger charge is -2.33. The zero-order valence-corrected chi connectivity index (χ0v) is 12.5. The summed E-state index contributed by atoms with van der Waals surface area (Å²) in [5.74, 6) is -0.0867. The van der Waals surface area contributed by atoms with Crippen molar-refractivity contribution >= 4 is 17.6 Å². The number of nitrogens with two attached hydrogens (primary N) is 1. The lowest BCUT2D eigenvalue weighted by molar-refractivity contribution is -0.144. The van der Waals surface area contributed by atoms with Gasteiger partial charge < -0.3 is 10.5 Å². The quantitative estimate of drug-likeness (QED) is 0.864. The second kappa shape index (κ2) is 7.07. The highest BCUT2D eigenvalue weighted by atomic mass is 35.5. The third-order valence-corrected chi connectivity index (χ3v) is 4.14. The van der Waals surface area contributed by atoms with Crippen LogP contribution in [-0.2, 0) is 16.1 Å². The van der Waals surface area contributed by atoms with E-state index in [0.717, 1.165) is 37.5 Å². The Bertz CT molecular complexity index is 459. The SMILES string of the molecule is COC(=O)C(N)C1CCN(Cc2cccc(Cl)c2)CC1. The molecule has 1 aliphatic heterocycles. The van der Waals surface area contributed by atoms with Crippen LogP contribution < -0.4 is 5.73 Å². The van der Waals surface area contributed by atoms with E-state index >= 15 is 0 Å². The minimum absolute atomic E-state index is 0.220. The smallest absolute Gasteiger partial charge is 0.322 e. The van der Waals surface area contributed by atoms with E-state index < -0.39 is 6.04 Å². The summed E-state index contributed by atoms with van der Waals surface area (Å²) in [6, 6.07) is 7.43. The van der Waals surface area contributed by atoms with Crippen molar-refractivity contribution in [2.75, 3.05) is 20.2 Å². The van der Waals surface area contributed by atoms with E-state index in [9.17, 15) is 4.79 Å².